The Hall–Kier alpha value is -1.83. The minimum atomic E-state index is -3.45. The number of sulfonamides is 1. The van der Waals surface area contributed by atoms with E-state index in [9.17, 15) is 13.2 Å². The summed E-state index contributed by atoms with van der Waals surface area (Å²) in [6.07, 6.45) is 2.90. The number of benzene rings is 2. The summed E-state index contributed by atoms with van der Waals surface area (Å²) in [5, 5.41) is 2.66. The number of amides is 1. The summed E-state index contributed by atoms with van der Waals surface area (Å²) in [7, 11) is -3.45. The van der Waals surface area contributed by atoms with Crippen molar-refractivity contribution in [1.82, 2.24) is 4.31 Å². The molecule has 0 saturated carbocycles. The molecule has 2 aromatic carbocycles. The topological polar surface area (TPSA) is 66.5 Å². The molecule has 2 aromatic rings. The Bertz CT molecular complexity index is 878. The van der Waals surface area contributed by atoms with Crippen molar-refractivity contribution in [2.24, 2.45) is 0 Å². The Balaban J connectivity index is 1.56. The van der Waals surface area contributed by atoms with Gasteiger partial charge in [0.15, 0.2) is 0 Å². The lowest BCUT2D eigenvalue weighted by Crippen LogP contribution is -2.35. The molecule has 0 unspecified atom stereocenters. The maximum Gasteiger partial charge on any atom is 0.243 e. The molecule has 0 aliphatic carbocycles. The second kappa shape index (κ2) is 9.58. The SMILES string of the molecule is C[C@H](SCc1ccccc1)C(=O)Nc1ccc(S(=O)(=O)N2CCCCC2)cc1. The van der Waals surface area contributed by atoms with Crippen molar-refractivity contribution in [3.63, 3.8) is 0 Å². The van der Waals surface area contributed by atoms with Crippen LogP contribution in [0.15, 0.2) is 59.5 Å². The van der Waals surface area contributed by atoms with Crippen LogP contribution in [0.2, 0.25) is 0 Å². The van der Waals surface area contributed by atoms with Gasteiger partial charge in [0.05, 0.1) is 10.1 Å². The Kier molecular flexibility index (Phi) is 7.15. The van der Waals surface area contributed by atoms with E-state index in [0.29, 0.717) is 18.8 Å². The lowest BCUT2D eigenvalue weighted by molar-refractivity contribution is -0.115. The van der Waals surface area contributed by atoms with Gasteiger partial charge in [0.25, 0.3) is 0 Å². The van der Waals surface area contributed by atoms with Gasteiger partial charge in [-0.2, -0.15) is 4.31 Å². The van der Waals surface area contributed by atoms with Crippen molar-refractivity contribution in [2.75, 3.05) is 18.4 Å². The Morgan fingerprint density at radius 1 is 1.04 bits per heavy atom. The van der Waals surface area contributed by atoms with Gasteiger partial charge in [0.1, 0.15) is 0 Å². The number of nitrogens with zero attached hydrogens (tertiary/aromatic N) is 1. The van der Waals surface area contributed by atoms with Gasteiger partial charge in [0.2, 0.25) is 15.9 Å². The zero-order chi connectivity index (χ0) is 20.0. The van der Waals surface area contributed by atoms with E-state index in [1.807, 2.05) is 37.3 Å². The monoisotopic (exact) mass is 418 g/mol. The third-order valence-corrected chi connectivity index (χ3v) is 7.91. The normalized spacial score (nSPS) is 16.5. The van der Waals surface area contributed by atoms with Gasteiger partial charge in [-0.3, -0.25) is 4.79 Å². The molecule has 150 valence electrons. The van der Waals surface area contributed by atoms with Crippen LogP contribution in [-0.4, -0.2) is 37.0 Å². The predicted molar refractivity (Wildman–Crippen MR) is 115 cm³/mol. The molecule has 7 heteroatoms. The molecule has 0 bridgehead atoms. The third kappa shape index (κ3) is 5.37. The fraction of sp³-hybridized carbons (Fsp3) is 0.381. The molecular formula is C21H26N2O3S2. The van der Waals surface area contributed by atoms with E-state index in [0.717, 1.165) is 25.0 Å². The van der Waals surface area contributed by atoms with Crippen LogP contribution >= 0.6 is 11.8 Å². The zero-order valence-electron chi connectivity index (χ0n) is 16.0. The standard InChI is InChI=1S/C21H26N2O3S2/c1-17(27-16-18-8-4-2-5-9-18)21(24)22-19-10-12-20(13-11-19)28(25,26)23-14-6-3-7-15-23/h2,4-5,8-13,17H,3,6-7,14-16H2,1H3,(H,22,24)/t17-/m0/s1. The van der Waals surface area contributed by atoms with Crippen molar-refractivity contribution >= 4 is 33.4 Å². The number of rotatable bonds is 7. The highest BCUT2D eigenvalue weighted by Gasteiger charge is 2.25. The molecule has 0 radical (unpaired) electrons. The van der Waals surface area contributed by atoms with Crippen LogP contribution in [0.25, 0.3) is 0 Å². The highest BCUT2D eigenvalue weighted by atomic mass is 32.2. The van der Waals surface area contributed by atoms with Gasteiger partial charge in [0, 0.05) is 24.5 Å². The van der Waals surface area contributed by atoms with Crippen LogP contribution in [-0.2, 0) is 20.6 Å². The van der Waals surface area contributed by atoms with Crippen molar-refractivity contribution in [3.05, 3.63) is 60.2 Å². The molecule has 1 fully saturated rings. The number of thioether (sulfide) groups is 1. The summed E-state index contributed by atoms with van der Waals surface area (Å²) >= 11 is 1.57. The Labute approximate surface area is 171 Å². The molecule has 0 aromatic heterocycles. The van der Waals surface area contributed by atoms with Crippen LogP contribution in [0.3, 0.4) is 0 Å². The maximum absolute atomic E-state index is 12.7. The number of hydrogen-bond donors (Lipinski definition) is 1. The second-order valence-corrected chi connectivity index (χ2v) is 10.2. The first kappa shape index (κ1) is 20.9. The van der Waals surface area contributed by atoms with E-state index in [2.05, 4.69) is 5.32 Å². The number of hydrogen-bond acceptors (Lipinski definition) is 4. The Morgan fingerprint density at radius 3 is 2.32 bits per heavy atom. The summed E-state index contributed by atoms with van der Waals surface area (Å²) in [6.45, 7) is 3.03. The van der Waals surface area contributed by atoms with Crippen molar-refractivity contribution in [1.29, 1.82) is 0 Å². The fourth-order valence-corrected chi connectivity index (χ4v) is 5.44. The first-order valence-corrected chi connectivity index (χ1v) is 12.0. The fourth-order valence-electron chi connectivity index (χ4n) is 3.08. The van der Waals surface area contributed by atoms with Gasteiger partial charge in [-0.25, -0.2) is 8.42 Å². The van der Waals surface area contributed by atoms with E-state index in [4.69, 9.17) is 0 Å². The smallest absolute Gasteiger partial charge is 0.243 e. The van der Waals surface area contributed by atoms with Gasteiger partial charge in [-0.05, 0) is 49.6 Å². The number of anilines is 1. The molecule has 1 aliphatic rings. The summed E-state index contributed by atoms with van der Waals surface area (Å²) in [6, 6.07) is 16.5. The van der Waals surface area contributed by atoms with E-state index >= 15 is 0 Å². The minimum Gasteiger partial charge on any atom is -0.325 e. The average Bonchev–Trinajstić information content (AvgIpc) is 2.73. The van der Waals surface area contributed by atoms with E-state index in [-0.39, 0.29) is 16.1 Å². The first-order chi connectivity index (χ1) is 13.5. The lowest BCUT2D eigenvalue weighted by Gasteiger charge is -2.25. The molecule has 1 heterocycles. The molecule has 1 amide bonds. The van der Waals surface area contributed by atoms with E-state index < -0.39 is 10.0 Å². The molecule has 3 rings (SSSR count). The molecule has 1 saturated heterocycles. The molecule has 0 spiro atoms. The average molecular weight is 419 g/mol. The van der Waals surface area contributed by atoms with Crippen molar-refractivity contribution in [3.8, 4) is 0 Å². The van der Waals surface area contributed by atoms with Gasteiger partial charge in [-0.1, -0.05) is 36.8 Å². The lowest BCUT2D eigenvalue weighted by atomic mass is 10.2. The summed E-state index contributed by atoms with van der Waals surface area (Å²) in [4.78, 5) is 12.7. The zero-order valence-corrected chi connectivity index (χ0v) is 17.6. The third-order valence-electron chi connectivity index (χ3n) is 4.79. The van der Waals surface area contributed by atoms with Crippen LogP contribution in [0.4, 0.5) is 5.69 Å². The Morgan fingerprint density at radius 2 is 1.68 bits per heavy atom. The summed E-state index contributed by atoms with van der Waals surface area (Å²) in [5.41, 5.74) is 1.79. The van der Waals surface area contributed by atoms with Gasteiger partial charge in [-0.15, -0.1) is 11.8 Å². The number of nitrogens with one attached hydrogen (secondary N) is 1. The second-order valence-electron chi connectivity index (χ2n) is 6.92. The molecule has 1 N–H and O–H groups in total. The summed E-state index contributed by atoms with van der Waals surface area (Å²) < 4.78 is 26.9. The number of carbonyl (C=O) groups excluding carboxylic acids is 1. The quantitative estimate of drug-likeness (QED) is 0.734. The maximum atomic E-state index is 12.7. The van der Waals surface area contributed by atoms with Crippen LogP contribution < -0.4 is 5.32 Å². The minimum absolute atomic E-state index is 0.0902. The van der Waals surface area contributed by atoms with Crippen molar-refractivity contribution in [2.45, 2.75) is 42.1 Å². The highest BCUT2D eigenvalue weighted by molar-refractivity contribution is 7.99. The molecule has 5 nitrogen and oxygen atoms in total. The molecule has 1 atom stereocenters. The van der Waals surface area contributed by atoms with Gasteiger partial charge >= 0.3 is 0 Å². The molecule has 28 heavy (non-hydrogen) atoms. The van der Waals surface area contributed by atoms with Crippen molar-refractivity contribution < 1.29 is 13.2 Å². The predicted octanol–water partition coefficient (Wildman–Crippen LogP) is 4.12. The van der Waals surface area contributed by atoms with Crippen LogP contribution in [0, 0.1) is 0 Å². The highest BCUT2D eigenvalue weighted by Crippen LogP contribution is 2.23. The number of piperidine rings is 1. The first-order valence-electron chi connectivity index (χ1n) is 9.53. The number of carbonyl (C=O) groups is 1. The van der Waals surface area contributed by atoms with E-state index in [1.165, 1.54) is 5.56 Å². The van der Waals surface area contributed by atoms with Gasteiger partial charge < -0.3 is 5.32 Å². The molecule has 1 aliphatic heterocycles. The van der Waals surface area contributed by atoms with Crippen LogP contribution in [0.1, 0.15) is 31.7 Å². The molecular weight excluding hydrogens is 392 g/mol. The van der Waals surface area contributed by atoms with E-state index in [1.54, 1.807) is 40.3 Å². The van der Waals surface area contributed by atoms with Crippen LogP contribution in [0.5, 0.6) is 0 Å². The summed E-state index contributed by atoms with van der Waals surface area (Å²) in [5.74, 6) is 0.676. The largest absolute Gasteiger partial charge is 0.325 e.